The Morgan fingerprint density at radius 3 is 2.36 bits per heavy atom. The van der Waals surface area contributed by atoms with Gasteiger partial charge in [0.05, 0.1) is 11.8 Å². The smallest absolute Gasteiger partial charge is 0.394 e. The molecule has 152 valence electrons. The third-order valence-corrected chi connectivity index (χ3v) is 5.46. The van der Waals surface area contributed by atoms with Crippen LogP contribution in [0.15, 0.2) is 24.3 Å². The number of nitrogens with zero attached hydrogens (tertiary/aromatic N) is 2. The summed E-state index contributed by atoms with van der Waals surface area (Å²) in [5.74, 6) is -6.21. The molecule has 2 aliphatic heterocycles. The summed E-state index contributed by atoms with van der Waals surface area (Å²) in [7, 11) is 0. The molecule has 3 rings (SSSR count). The molecule has 2 heterocycles. The Balaban J connectivity index is 1.76. The van der Waals surface area contributed by atoms with E-state index in [1.165, 1.54) is 4.90 Å². The number of carboxylic acid groups (broad SMARTS) is 1. The zero-order chi connectivity index (χ0) is 20.6. The van der Waals surface area contributed by atoms with Crippen LogP contribution in [0.25, 0.3) is 0 Å². The first-order chi connectivity index (χ1) is 13.1. The predicted molar refractivity (Wildman–Crippen MR) is 92.0 cm³/mol. The molecule has 0 radical (unpaired) electrons. The highest BCUT2D eigenvalue weighted by Crippen LogP contribution is 2.38. The quantitative estimate of drug-likeness (QED) is 0.844. The van der Waals surface area contributed by atoms with E-state index >= 15 is 0 Å². The van der Waals surface area contributed by atoms with E-state index in [-0.39, 0.29) is 25.3 Å². The number of amides is 2. The van der Waals surface area contributed by atoms with Crippen LogP contribution < -0.4 is 0 Å². The number of rotatable bonds is 4. The molecule has 0 aromatic heterocycles. The molecule has 3 atom stereocenters. The number of aliphatic carboxylic acids is 1. The Kier molecular flexibility index (Phi) is 5.36. The third-order valence-electron chi connectivity index (χ3n) is 5.46. The van der Waals surface area contributed by atoms with Crippen molar-refractivity contribution in [3.8, 4) is 0 Å². The highest BCUT2D eigenvalue weighted by molar-refractivity contribution is 5.91. The van der Waals surface area contributed by atoms with Crippen LogP contribution in [0.1, 0.15) is 24.0 Å². The van der Waals surface area contributed by atoms with E-state index in [0.29, 0.717) is 0 Å². The number of hydrogen-bond donors (Lipinski definition) is 1. The lowest BCUT2D eigenvalue weighted by molar-refractivity contribution is -0.188. The maximum atomic E-state index is 13.2. The molecule has 0 bridgehead atoms. The molecule has 1 aromatic carbocycles. The van der Waals surface area contributed by atoms with Gasteiger partial charge in [0.2, 0.25) is 11.8 Å². The molecular weight excluding hydrogens is 377 g/mol. The zero-order valence-electron chi connectivity index (χ0n) is 15.3. The third kappa shape index (κ3) is 3.98. The maximum Gasteiger partial charge on any atom is 0.394 e. The van der Waals surface area contributed by atoms with Gasteiger partial charge in [0, 0.05) is 26.1 Å². The zero-order valence-corrected chi connectivity index (χ0v) is 15.3. The molecule has 28 heavy (non-hydrogen) atoms. The van der Waals surface area contributed by atoms with Gasteiger partial charge in [-0.25, -0.2) is 0 Å². The monoisotopic (exact) mass is 398 g/mol. The van der Waals surface area contributed by atoms with Gasteiger partial charge in [-0.1, -0.05) is 29.8 Å². The average Bonchev–Trinajstić information content (AvgIpc) is 3.21. The van der Waals surface area contributed by atoms with E-state index in [4.69, 9.17) is 5.11 Å². The fourth-order valence-corrected chi connectivity index (χ4v) is 3.86. The van der Waals surface area contributed by atoms with Crippen LogP contribution in [0.4, 0.5) is 13.2 Å². The standard InChI is InChI=1S/C19H21F3N2O4/c1-11-2-4-12(5-3-11)8-24-15(6-7-16(24)25)17(26)23-9-13(18(27)28)14(10-23)19(20,21)22/h2-5,13-15H,6-10H2,1H3,(H,27,28)/t13-,14-,15?/m1/s1. The lowest BCUT2D eigenvalue weighted by Crippen LogP contribution is -2.46. The van der Waals surface area contributed by atoms with Gasteiger partial charge in [-0.05, 0) is 18.9 Å². The molecule has 0 aliphatic carbocycles. The van der Waals surface area contributed by atoms with Crippen LogP contribution in [0.2, 0.25) is 0 Å². The first-order valence-corrected chi connectivity index (χ1v) is 9.01. The molecule has 2 saturated heterocycles. The number of halogens is 3. The molecule has 2 fully saturated rings. The molecule has 9 heteroatoms. The van der Waals surface area contributed by atoms with Crippen LogP contribution in [-0.4, -0.2) is 58.0 Å². The fourth-order valence-electron chi connectivity index (χ4n) is 3.86. The van der Waals surface area contributed by atoms with Crippen molar-refractivity contribution in [1.29, 1.82) is 0 Å². The Hall–Kier alpha value is -2.58. The van der Waals surface area contributed by atoms with E-state index in [1.54, 1.807) is 0 Å². The van der Waals surface area contributed by atoms with Crippen molar-refractivity contribution in [2.24, 2.45) is 11.8 Å². The van der Waals surface area contributed by atoms with E-state index < -0.39 is 49.0 Å². The number of carbonyl (C=O) groups is 3. The van der Waals surface area contributed by atoms with E-state index in [2.05, 4.69) is 0 Å². The van der Waals surface area contributed by atoms with Crippen molar-refractivity contribution >= 4 is 17.8 Å². The van der Waals surface area contributed by atoms with Gasteiger partial charge < -0.3 is 14.9 Å². The number of alkyl halides is 3. The van der Waals surface area contributed by atoms with Crippen LogP contribution in [0.3, 0.4) is 0 Å². The normalized spacial score (nSPS) is 25.4. The highest BCUT2D eigenvalue weighted by atomic mass is 19.4. The summed E-state index contributed by atoms with van der Waals surface area (Å²) in [6.07, 6.45) is -4.35. The molecule has 2 amide bonds. The van der Waals surface area contributed by atoms with Gasteiger partial charge >= 0.3 is 12.1 Å². The first-order valence-electron chi connectivity index (χ1n) is 9.01. The topological polar surface area (TPSA) is 77.9 Å². The van der Waals surface area contributed by atoms with Gasteiger partial charge in [-0.2, -0.15) is 13.2 Å². The van der Waals surface area contributed by atoms with Crippen molar-refractivity contribution in [2.45, 2.75) is 38.5 Å². The number of aryl methyl sites for hydroxylation is 1. The second-order valence-corrected chi connectivity index (χ2v) is 7.40. The molecule has 6 nitrogen and oxygen atoms in total. The molecule has 1 N–H and O–H groups in total. The Bertz CT molecular complexity index is 778. The number of carbonyl (C=O) groups excluding carboxylic acids is 2. The van der Waals surface area contributed by atoms with Crippen molar-refractivity contribution in [3.63, 3.8) is 0 Å². The number of hydrogen-bond acceptors (Lipinski definition) is 3. The second-order valence-electron chi connectivity index (χ2n) is 7.40. The SMILES string of the molecule is Cc1ccc(CN2C(=O)CCC2C(=O)N2C[C@@H](C(F)(F)F)[C@H](C(=O)O)C2)cc1. The summed E-state index contributed by atoms with van der Waals surface area (Å²) in [6.45, 7) is 0.915. The fraction of sp³-hybridized carbons (Fsp3) is 0.526. The largest absolute Gasteiger partial charge is 0.481 e. The molecule has 2 aliphatic rings. The lowest BCUT2D eigenvalue weighted by Gasteiger charge is -2.28. The van der Waals surface area contributed by atoms with Gasteiger partial charge in [-0.3, -0.25) is 14.4 Å². The van der Waals surface area contributed by atoms with Gasteiger partial charge in [0.15, 0.2) is 0 Å². The summed E-state index contributed by atoms with van der Waals surface area (Å²) >= 11 is 0. The summed E-state index contributed by atoms with van der Waals surface area (Å²) in [4.78, 5) is 38.7. The number of benzene rings is 1. The maximum absolute atomic E-state index is 13.2. The van der Waals surface area contributed by atoms with Gasteiger partial charge in [0.1, 0.15) is 6.04 Å². The van der Waals surface area contributed by atoms with Crippen LogP contribution in [0, 0.1) is 18.8 Å². The van der Waals surface area contributed by atoms with Crippen molar-refractivity contribution in [2.75, 3.05) is 13.1 Å². The van der Waals surface area contributed by atoms with E-state index in [1.807, 2.05) is 31.2 Å². The van der Waals surface area contributed by atoms with E-state index in [9.17, 15) is 27.6 Å². The summed E-state index contributed by atoms with van der Waals surface area (Å²) in [5.41, 5.74) is 1.86. The molecule has 1 unspecified atom stereocenters. The number of likely N-dealkylation sites (tertiary alicyclic amines) is 2. The molecule has 0 spiro atoms. The van der Waals surface area contributed by atoms with Crippen molar-refractivity contribution < 1.29 is 32.7 Å². The van der Waals surface area contributed by atoms with E-state index in [0.717, 1.165) is 16.0 Å². The van der Waals surface area contributed by atoms with Crippen molar-refractivity contribution in [1.82, 2.24) is 9.80 Å². The highest BCUT2D eigenvalue weighted by Gasteiger charge is 2.54. The van der Waals surface area contributed by atoms with Crippen molar-refractivity contribution in [3.05, 3.63) is 35.4 Å². The predicted octanol–water partition coefficient (Wildman–Crippen LogP) is 2.21. The Morgan fingerprint density at radius 1 is 1.18 bits per heavy atom. The minimum Gasteiger partial charge on any atom is -0.481 e. The summed E-state index contributed by atoms with van der Waals surface area (Å²) in [5, 5.41) is 9.12. The Morgan fingerprint density at radius 2 is 1.82 bits per heavy atom. The second kappa shape index (κ2) is 7.44. The van der Waals surface area contributed by atoms with Crippen LogP contribution in [-0.2, 0) is 20.9 Å². The molecule has 0 saturated carbocycles. The molecule has 1 aromatic rings. The lowest BCUT2D eigenvalue weighted by atomic mass is 9.96. The summed E-state index contributed by atoms with van der Waals surface area (Å²) in [6, 6.07) is 6.55. The van der Waals surface area contributed by atoms with Gasteiger partial charge in [-0.15, -0.1) is 0 Å². The summed E-state index contributed by atoms with van der Waals surface area (Å²) < 4.78 is 39.5. The molecular formula is C19H21F3N2O4. The number of carboxylic acids is 1. The van der Waals surface area contributed by atoms with Crippen LogP contribution in [0.5, 0.6) is 0 Å². The minimum atomic E-state index is -4.70. The Labute approximate surface area is 159 Å². The van der Waals surface area contributed by atoms with Gasteiger partial charge in [0.25, 0.3) is 0 Å². The minimum absolute atomic E-state index is 0.140. The average molecular weight is 398 g/mol. The van der Waals surface area contributed by atoms with Crippen LogP contribution >= 0.6 is 0 Å². The first kappa shape index (κ1) is 20.2.